The van der Waals surface area contributed by atoms with Crippen LogP contribution in [0.4, 0.5) is 18.9 Å². The molecular formula is C10H10F3NO. The van der Waals surface area contributed by atoms with Gasteiger partial charge in [0.2, 0.25) is 0 Å². The van der Waals surface area contributed by atoms with Crippen molar-refractivity contribution in [3.8, 4) is 5.75 Å². The second-order valence-electron chi connectivity index (χ2n) is 3.55. The van der Waals surface area contributed by atoms with E-state index in [0.717, 1.165) is 5.56 Å². The number of para-hydroxylation sites is 1. The van der Waals surface area contributed by atoms with Crippen molar-refractivity contribution in [2.75, 3.05) is 11.9 Å². The number of rotatable bonds is 1. The molecule has 5 heteroatoms. The van der Waals surface area contributed by atoms with Gasteiger partial charge in [-0.1, -0.05) is 19.1 Å². The Morgan fingerprint density at radius 2 is 2.13 bits per heavy atom. The first-order valence-electron chi connectivity index (χ1n) is 4.60. The topological polar surface area (TPSA) is 21.3 Å². The fourth-order valence-electron chi connectivity index (χ4n) is 1.72. The van der Waals surface area contributed by atoms with Crippen molar-refractivity contribution in [1.29, 1.82) is 0 Å². The number of benzene rings is 1. The van der Waals surface area contributed by atoms with E-state index in [1.165, 1.54) is 6.07 Å². The van der Waals surface area contributed by atoms with E-state index in [9.17, 15) is 13.2 Å². The summed E-state index contributed by atoms with van der Waals surface area (Å²) >= 11 is 0. The van der Waals surface area contributed by atoms with Gasteiger partial charge in [-0.15, -0.1) is 13.2 Å². The second-order valence-corrected chi connectivity index (χ2v) is 3.55. The van der Waals surface area contributed by atoms with Gasteiger partial charge in [-0.2, -0.15) is 0 Å². The highest BCUT2D eigenvalue weighted by atomic mass is 19.4. The Hall–Kier alpha value is -1.39. The van der Waals surface area contributed by atoms with Crippen molar-refractivity contribution in [2.45, 2.75) is 19.2 Å². The monoisotopic (exact) mass is 217 g/mol. The van der Waals surface area contributed by atoms with E-state index in [-0.39, 0.29) is 11.7 Å². The molecule has 2 rings (SSSR count). The average molecular weight is 217 g/mol. The number of hydrogen-bond donors (Lipinski definition) is 1. The van der Waals surface area contributed by atoms with Gasteiger partial charge in [-0.05, 0) is 11.6 Å². The lowest BCUT2D eigenvalue weighted by atomic mass is 10.0. The van der Waals surface area contributed by atoms with Crippen molar-refractivity contribution < 1.29 is 17.9 Å². The molecule has 0 amide bonds. The first-order chi connectivity index (χ1) is 6.97. The van der Waals surface area contributed by atoms with Crippen molar-refractivity contribution >= 4 is 5.69 Å². The van der Waals surface area contributed by atoms with Crippen LogP contribution in [0.25, 0.3) is 0 Å². The summed E-state index contributed by atoms with van der Waals surface area (Å²) in [6.07, 6.45) is -4.64. The van der Waals surface area contributed by atoms with Gasteiger partial charge in [0.05, 0.1) is 5.69 Å². The normalized spacial score (nSPS) is 19.6. The molecule has 1 atom stereocenters. The maximum atomic E-state index is 12.1. The Bertz CT molecular complexity index is 375. The largest absolute Gasteiger partial charge is 0.573 e. The molecule has 0 aromatic heterocycles. The number of hydrogen-bond acceptors (Lipinski definition) is 2. The molecule has 0 fully saturated rings. The maximum absolute atomic E-state index is 12.1. The summed E-state index contributed by atoms with van der Waals surface area (Å²) < 4.78 is 40.1. The predicted octanol–water partition coefficient (Wildman–Crippen LogP) is 3.11. The van der Waals surface area contributed by atoms with E-state index < -0.39 is 6.36 Å². The average Bonchev–Trinajstić information content (AvgIpc) is 2.47. The molecule has 1 unspecified atom stereocenters. The Labute approximate surface area is 85.0 Å². The van der Waals surface area contributed by atoms with Gasteiger partial charge >= 0.3 is 6.36 Å². The zero-order valence-corrected chi connectivity index (χ0v) is 8.06. The lowest BCUT2D eigenvalue weighted by Gasteiger charge is -2.12. The van der Waals surface area contributed by atoms with E-state index in [4.69, 9.17) is 0 Å². The van der Waals surface area contributed by atoms with Crippen molar-refractivity contribution in [1.82, 2.24) is 0 Å². The number of alkyl halides is 3. The summed E-state index contributed by atoms with van der Waals surface area (Å²) in [5, 5.41) is 2.92. The van der Waals surface area contributed by atoms with Crippen LogP contribution >= 0.6 is 0 Å². The maximum Gasteiger partial charge on any atom is 0.573 e. The Balaban J connectivity index is 2.34. The molecule has 0 radical (unpaired) electrons. The van der Waals surface area contributed by atoms with Gasteiger partial charge in [0.1, 0.15) is 0 Å². The van der Waals surface area contributed by atoms with Crippen LogP contribution in [0.2, 0.25) is 0 Å². The van der Waals surface area contributed by atoms with E-state index in [1.807, 2.05) is 13.0 Å². The fraction of sp³-hybridized carbons (Fsp3) is 0.400. The number of halogens is 3. The van der Waals surface area contributed by atoms with Crippen LogP contribution in [-0.2, 0) is 0 Å². The fourth-order valence-corrected chi connectivity index (χ4v) is 1.72. The van der Waals surface area contributed by atoms with Crippen molar-refractivity contribution in [2.24, 2.45) is 0 Å². The standard InChI is InChI=1S/C10H10F3NO/c1-6-5-14-9-7(6)3-2-4-8(9)15-10(11,12)13/h2-4,6,14H,5H2,1H3. The molecule has 0 spiro atoms. The molecular weight excluding hydrogens is 207 g/mol. The van der Waals surface area contributed by atoms with Crippen LogP contribution in [0.3, 0.4) is 0 Å². The molecule has 1 aliphatic rings. The first kappa shape index (κ1) is 10.1. The Morgan fingerprint density at radius 3 is 2.80 bits per heavy atom. The van der Waals surface area contributed by atoms with Crippen LogP contribution in [-0.4, -0.2) is 12.9 Å². The van der Waals surface area contributed by atoms with Gasteiger partial charge in [0.25, 0.3) is 0 Å². The summed E-state index contributed by atoms with van der Waals surface area (Å²) in [6.45, 7) is 2.60. The van der Waals surface area contributed by atoms with Crippen LogP contribution in [0.1, 0.15) is 18.4 Å². The van der Waals surface area contributed by atoms with Crippen LogP contribution in [0.15, 0.2) is 18.2 Å². The lowest BCUT2D eigenvalue weighted by Crippen LogP contribution is -2.17. The molecule has 82 valence electrons. The second kappa shape index (κ2) is 3.32. The van der Waals surface area contributed by atoms with Gasteiger partial charge in [0.15, 0.2) is 5.75 Å². The van der Waals surface area contributed by atoms with Crippen molar-refractivity contribution in [3.05, 3.63) is 23.8 Å². The smallest absolute Gasteiger partial charge is 0.404 e. The molecule has 1 N–H and O–H groups in total. The number of fused-ring (bicyclic) bond motifs is 1. The third kappa shape index (κ3) is 2.00. The molecule has 2 nitrogen and oxygen atoms in total. The SMILES string of the molecule is CC1CNc2c(OC(F)(F)F)cccc21. The third-order valence-corrected chi connectivity index (χ3v) is 2.40. The highest BCUT2D eigenvalue weighted by Gasteiger charge is 2.33. The van der Waals surface area contributed by atoms with E-state index >= 15 is 0 Å². The van der Waals surface area contributed by atoms with Gasteiger partial charge in [-0.25, -0.2) is 0 Å². The van der Waals surface area contributed by atoms with Gasteiger partial charge in [-0.3, -0.25) is 0 Å². The van der Waals surface area contributed by atoms with Crippen LogP contribution in [0.5, 0.6) is 5.75 Å². The lowest BCUT2D eigenvalue weighted by molar-refractivity contribution is -0.274. The zero-order valence-electron chi connectivity index (χ0n) is 8.06. The number of ether oxygens (including phenoxy) is 1. The Kier molecular flexibility index (Phi) is 2.25. The summed E-state index contributed by atoms with van der Waals surface area (Å²) in [4.78, 5) is 0. The number of nitrogens with one attached hydrogen (secondary N) is 1. The van der Waals surface area contributed by atoms with E-state index in [2.05, 4.69) is 10.1 Å². The van der Waals surface area contributed by atoms with Gasteiger partial charge < -0.3 is 10.1 Å². The minimum Gasteiger partial charge on any atom is -0.404 e. The molecule has 0 bridgehead atoms. The van der Waals surface area contributed by atoms with Crippen molar-refractivity contribution in [3.63, 3.8) is 0 Å². The highest BCUT2D eigenvalue weighted by Crippen LogP contribution is 2.40. The van der Waals surface area contributed by atoms with Crippen LogP contribution < -0.4 is 10.1 Å². The third-order valence-electron chi connectivity index (χ3n) is 2.40. The minimum atomic E-state index is -4.64. The molecule has 1 aliphatic heterocycles. The molecule has 1 aromatic rings. The molecule has 1 aromatic carbocycles. The predicted molar refractivity (Wildman–Crippen MR) is 50.0 cm³/mol. The minimum absolute atomic E-state index is 0.149. The molecule has 0 saturated heterocycles. The van der Waals surface area contributed by atoms with Gasteiger partial charge in [0, 0.05) is 12.5 Å². The Morgan fingerprint density at radius 1 is 1.40 bits per heavy atom. The highest BCUT2D eigenvalue weighted by molar-refractivity contribution is 5.66. The summed E-state index contributed by atoms with van der Waals surface area (Å²) in [6, 6.07) is 4.70. The van der Waals surface area contributed by atoms with E-state index in [0.29, 0.717) is 12.2 Å². The number of anilines is 1. The molecule has 1 heterocycles. The molecule has 15 heavy (non-hydrogen) atoms. The molecule has 0 saturated carbocycles. The first-order valence-corrected chi connectivity index (χ1v) is 4.60. The van der Waals surface area contributed by atoms with Crippen LogP contribution in [0, 0.1) is 0 Å². The summed E-state index contributed by atoms with van der Waals surface area (Å²) in [7, 11) is 0. The zero-order chi connectivity index (χ0) is 11.1. The quantitative estimate of drug-likeness (QED) is 0.780. The van der Waals surface area contributed by atoms with E-state index in [1.54, 1.807) is 6.07 Å². The molecule has 0 aliphatic carbocycles. The summed E-state index contributed by atoms with van der Waals surface area (Å²) in [5.41, 5.74) is 1.33. The summed E-state index contributed by atoms with van der Waals surface area (Å²) in [5.74, 6) is 0.0705.